The number of aromatic carboxylic acids is 1. The molecular formula is C23H25ClN2O3. The summed E-state index contributed by atoms with van der Waals surface area (Å²) >= 11 is 5.97. The van der Waals surface area contributed by atoms with Crippen LogP contribution < -0.4 is 10.1 Å². The van der Waals surface area contributed by atoms with Crippen LogP contribution in [0.15, 0.2) is 48.5 Å². The number of hydrogen-bond donors (Lipinski definition) is 2. The Morgan fingerprint density at radius 2 is 1.79 bits per heavy atom. The number of carboxylic acids is 1. The molecule has 5 nitrogen and oxygen atoms in total. The molecule has 0 bridgehead atoms. The van der Waals surface area contributed by atoms with Gasteiger partial charge in [0.1, 0.15) is 5.75 Å². The summed E-state index contributed by atoms with van der Waals surface area (Å²) in [5.41, 5.74) is 5.04. The number of ether oxygens (including phenoxy) is 1. The number of halogens is 1. The molecule has 0 fully saturated rings. The number of methoxy groups -OCH3 is 1. The van der Waals surface area contributed by atoms with E-state index in [1.54, 1.807) is 7.11 Å². The minimum absolute atomic E-state index is 0.370. The number of carbonyl (C=O) groups is 1. The molecule has 0 aliphatic rings. The number of nitrogens with one attached hydrogen (secondary N) is 1. The van der Waals surface area contributed by atoms with E-state index in [0.29, 0.717) is 30.2 Å². The lowest BCUT2D eigenvalue weighted by Crippen LogP contribution is -2.15. The maximum absolute atomic E-state index is 11.9. The van der Waals surface area contributed by atoms with Crippen LogP contribution in [0.5, 0.6) is 5.75 Å². The monoisotopic (exact) mass is 412 g/mol. The topological polar surface area (TPSA) is 63.5 Å². The maximum Gasteiger partial charge on any atom is 0.337 e. The molecule has 0 atom stereocenters. The number of benzene rings is 2. The highest BCUT2D eigenvalue weighted by atomic mass is 35.5. The number of hydrogen-bond acceptors (Lipinski definition) is 3. The highest BCUT2D eigenvalue weighted by Crippen LogP contribution is 2.24. The first-order valence-electron chi connectivity index (χ1n) is 9.40. The largest absolute Gasteiger partial charge is 0.497 e. The standard InChI is InChI=1S/C23H25ClN2O3/c1-15-21(13-25-12-18-5-4-6-20(11-18)29-3)22(23(27)28)16(2)26(15)14-17-7-9-19(24)10-8-17/h4-11,25H,12-14H2,1-3H3,(H,27,28). The van der Waals surface area contributed by atoms with E-state index in [1.165, 1.54) is 0 Å². The van der Waals surface area contributed by atoms with Gasteiger partial charge in [0.15, 0.2) is 0 Å². The van der Waals surface area contributed by atoms with Crippen LogP contribution in [0.3, 0.4) is 0 Å². The average Bonchev–Trinajstić information content (AvgIpc) is 2.94. The molecule has 0 aliphatic carbocycles. The Hall–Kier alpha value is -2.76. The third kappa shape index (κ3) is 4.81. The highest BCUT2D eigenvalue weighted by molar-refractivity contribution is 6.30. The molecule has 0 saturated carbocycles. The molecule has 1 aromatic heterocycles. The van der Waals surface area contributed by atoms with E-state index in [1.807, 2.05) is 62.4 Å². The normalized spacial score (nSPS) is 10.9. The van der Waals surface area contributed by atoms with Crippen LogP contribution in [0.4, 0.5) is 0 Å². The molecular weight excluding hydrogens is 388 g/mol. The van der Waals surface area contributed by atoms with Crippen LogP contribution in [0.1, 0.15) is 38.4 Å². The summed E-state index contributed by atoms with van der Waals surface area (Å²) in [6, 6.07) is 15.4. The van der Waals surface area contributed by atoms with Crippen molar-refractivity contribution in [2.24, 2.45) is 0 Å². The van der Waals surface area contributed by atoms with Crippen molar-refractivity contribution < 1.29 is 14.6 Å². The van der Waals surface area contributed by atoms with Gasteiger partial charge in [-0.1, -0.05) is 35.9 Å². The zero-order valence-electron chi connectivity index (χ0n) is 16.8. The van der Waals surface area contributed by atoms with Crippen molar-refractivity contribution >= 4 is 17.6 Å². The molecule has 6 heteroatoms. The summed E-state index contributed by atoms with van der Waals surface area (Å²) in [4.78, 5) is 11.9. The lowest BCUT2D eigenvalue weighted by molar-refractivity contribution is 0.0694. The smallest absolute Gasteiger partial charge is 0.337 e. The summed E-state index contributed by atoms with van der Waals surface area (Å²) in [7, 11) is 1.64. The third-order valence-electron chi connectivity index (χ3n) is 5.14. The fourth-order valence-corrected chi connectivity index (χ4v) is 3.70. The Kier molecular flexibility index (Phi) is 6.62. The summed E-state index contributed by atoms with van der Waals surface area (Å²) in [5, 5.41) is 13.8. The van der Waals surface area contributed by atoms with Crippen molar-refractivity contribution in [3.8, 4) is 5.75 Å². The van der Waals surface area contributed by atoms with Crippen molar-refractivity contribution in [3.05, 3.63) is 87.2 Å². The first kappa shape index (κ1) is 21.0. The fourth-order valence-electron chi connectivity index (χ4n) is 3.57. The van der Waals surface area contributed by atoms with Crippen molar-refractivity contribution in [1.29, 1.82) is 0 Å². The van der Waals surface area contributed by atoms with Gasteiger partial charge in [0.2, 0.25) is 0 Å². The van der Waals surface area contributed by atoms with Gasteiger partial charge in [0.05, 0.1) is 12.7 Å². The highest BCUT2D eigenvalue weighted by Gasteiger charge is 2.22. The van der Waals surface area contributed by atoms with Gasteiger partial charge in [-0.3, -0.25) is 0 Å². The maximum atomic E-state index is 11.9. The van der Waals surface area contributed by atoms with E-state index < -0.39 is 5.97 Å². The first-order valence-corrected chi connectivity index (χ1v) is 9.78. The minimum atomic E-state index is -0.904. The van der Waals surface area contributed by atoms with Gasteiger partial charge in [0, 0.05) is 41.6 Å². The second-order valence-corrected chi connectivity index (χ2v) is 7.43. The first-order chi connectivity index (χ1) is 13.9. The second kappa shape index (κ2) is 9.16. The van der Waals surface area contributed by atoms with Crippen LogP contribution in [0.2, 0.25) is 5.02 Å². The molecule has 0 amide bonds. The predicted molar refractivity (Wildman–Crippen MR) is 115 cm³/mol. The Balaban J connectivity index is 1.81. The van der Waals surface area contributed by atoms with Gasteiger partial charge in [-0.15, -0.1) is 0 Å². The van der Waals surface area contributed by atoms with Crippen LogP contribution in [0, 0.1) is 13.8 Å². The minimum Gasteiger partial charge on any atom is -0.497 e. The Morgan fingerprint density at radius 3 is 2.45 bits per heavy atom. The molecule has 29 heavy (non-hydrogen) atoms. The van der Waals surface area contributed by atoms with E-state index in [0.717, 1.165) is 33.8 Å². The van der Waals surface area contributed by atoms with Crippen molar-refractivity contribution in [1.82, 2.24) is 9.88 Å². The molecule has 0 saturated heterocycles. The Labute approximate surface area is 175 Å². The fraction of sp³-hybridized carbons (Fsp3) is 0.261. The summed E-state index contributed by atoms with van der Waals surface area (Å²) < 4.78 is 7.31. The van der Waals surface area contributed by atoms with Gasteiger partial charge in [-0.25, -0.2) is 4.79 Å². The zero-order valence-corrected chi connectivity index (χ0v) is 17.6. The van der Waals surface area contributed by atoms with Gasteiger partial charge in [0.25, 0.3) is 0 Å². The zero-order chi connectivity index (χ0) is 21.0. The van der Waals surface area contributed by atoms with Crippen molar-refractivity contribution in [3.63, 3.8) is 0 Å². The number of nitrogens with zero attached hydrogens (tertiary/aromatic N) is 1. The molecule has 0 spiro atoms. The van der Waals surface area contributed by atoms with Gasteiger partial charge < -0.3 is 19.7 Å². The van der Waals surface area contributed by atoms with Crippen molar-refractivity contribution in [2.75, 3.05) is 7.11 Å². The van der Waals surface area contributed by atoms with E-state index in [2.05, 4.69) is 9.88 Å². The third-order valence-corrected chi connectivity index (χ3v) is 5.39. The van der Waals surface area contributed by atoms with Crippen LogP contribution in [0.25, 0.3) is 0 Å². The van der Waals surface area contributed by atoms with E-state index >= 15 is 0 Å². The lowest BCUT2D eigenvalue weighted by atomic mass is 10.1. The molecule has 3 aromatic rings. The van der Waals surface area contributed by atoms with Crippen LogP contribution >= 0.6 is 11.6 Å². The van der Waals surface area contributed by atoms with E-state index in [4.69, 9.17) is 16.3 Å². The molecule has 2 N–H and O–H groups in total. The van der Waals surface area contributed by atoms with Crippen LogP contribution in [-0.4, -0.2) is 22.8 Å². The van der Waals surface area contributed by atoms with E-state index in [9.17, 15) is 9.90 Å². The van der Waals surface area contributed by atoms with Gasteiger partial charge in [-0.2, -0.15) is 0 Å². The summed E-state index contributed by atoms with van der Waals surface area (Å²) in [6.45, 7) is 5.52. The predicted octanol–water partition coefficient (Wildman–Crippen LogP) is 4.80. The SMILES string of the molecule is COc1cccc(CNCc2c(C(=O)O)c(C)n(Cc3ccc(Cl)cc3)c2C)c1. The number of rotatable bonds is 8. The molecule has 1 heterocycles. The summed E-state index contributed by atoms with van der Waals surface area (Å²) in [5.74, 6) is -0.102. The number of carboxylic acid groups (broad SMARTS) is 1. The van der Waals surface area contributed by atoms with Gasteiger partial charge in [-0.05, 0) is 49.2 Å². The van der Waals surface area contributed by atoms with Gasteiger partial charge >= 0.3 is 5.97 Å². The number of aromatic nitrogens is 1. The van der Waals surface area contributed by atoms with E-state index in [-0.39, 0.29) is 0 Å². The quantitative estimate of drug-likeness (QED) is 0.557. The molecule has 3 rings (SSSR count). The molecule has 152 valence electrons. The average molecular weight is 413 g/mol. The Morgan fingerprint density at radius 1 is 1.07 bits per heavy atom. The second-order valence-electron chi connectivity index (χ2n) is 7.00. The Bertz CT molecular complexity index is 1010. The van der Waals surface area contributed by atoms with Crippen LogP contribution in [-0.2, 0) is 19.6 Å². The lowest BCUT2D eigenvalue weighted by Gasteiger charge is -2.11. The van der Waals surface area contributed by atoms with Crippen molar-refractivity contribution in [2.45, 2.75) is 33.5 Å². The molecule has 2 aromatic carbocycles. The summed E-state index contributed by atoms with van der Waals surface area (Å²) in [6.07, 6.45) is 0. The molecule has 0 radical (unpaired) electrons. The molecule has 0 aliphatic heterocycles. The molecule has 0 unspecified atom stereocenters.